The number of nitriles is 1. The molecule has 0 aromatic heterocycles. The Bertz CT molecular complexity index is 960. The number of anilines is 1. The van der Waals surface area contributed by atoms with Crippen LogP contribution in [0.1, 0.15) is 5.56 Å². The predicted octanol–water partition coefficient (Wildman–Crippen LogP) is 2.75. The summed E-state index contributed by atoms with van der Waals surface area (Å²) in [6.45, 7) is 0. The van der Waals surface area contributed by atoms with Gasteiger partial charge in [-0.05, 0) is 29.8 Å². The standard InChI is InChI=1S/C16H10N4O6/c17-9-11(7-10-1-3-12(4-2-10)19(23)24)16(22)18-14-6-5-13(20(25)26)8-15(14)21/h1-8,21H,(H,18,22). The molecule has 0 radical (unpaired) electrons. The number of non-ortho nitro benzene ring substituents is 2. The van der Waals surface area contributed by atoms with Gasteiger partial charge in [-0.2, -0.15) is 5.26 Å². The Morgan fingerprint density at radius 3 is 2.15 bits per heavy atom. The van der Waals surface area contributed by atoms with Crippen molar-refractivity contribution in [3.63, 3.8) is 0 Å². The quantitative estimate of drug-likeness (QED) is 0.274. The number of rotatable bonds is 5. The first kappa shape index (κ1) is 18.1. The molecule has 0 bridgehead atoms. The van der Waals surface area contributed by atoms with Crippen LogP contribution in [0.4, 0.5) is 17.1 Å². The van der Waals surface area contributed by atoms with Crippen molar-refractivity contribution in [1.82, 2.24) is 0 Å². The van der Waals surface area contributed by atoms with E-state index < -0.39 is 21.5 Å². The normalized spacial score (nSPS) is 10.7. The third kappa shape index (κ3) is 4.18. The first-order valence-electron chi connectivity index (χ1n) is 6.97. The van der Waals surface area contributed by atoms with E-state index in [2.05, 4.69) is 5.32 Å². The van der Waals surface area contributed by atoms with E-state index in [0.717, 1.165) is 18.2 Å². The van der Waals surface area contributed by atoms with Crippen LogP contribution >= 0.6 is 0 Å². The zero-order valence-electron chi connectivity index (χ0n) is 12.9. The molecule has 0 aliphatic heterocycles. The Morgan fingerprint density at radius 2 is 1.65 bits per heavy atom. The summed E-state index contributed by atoms with van der Waals surface area (Å²) in [5, 5.41) is 42.4. The average molecular weight is 354 g/mol. The van der Waals surface area contributed by atoms with Gasteiger partial charge in [0.15, 0.2) is 0 Å². The smallest absolute Gasteiger partial charge is 0.273 e. The third-order valence-electron chi connectivity index (χ3n) is 3.22. The van der Waals surface area contributed by atoms with Crippen molar-refractivity contribution in [3.05, 3.63) is 73.8 Å². The van der Waals surface area contributed by atoms with Crippen LogP contribution in [-0.2, 0) is 4.79 Å². The summed E-state index contributed by atoms with van der Waals surface area (Å²) >= 11 is 0. The summed E-state index contributed by atoms with van der Waals surface area (Å²) in [7, 11) is 0. The third-order valence-corrected chi connectivity index (χ3v) is 3.22. The lowest BCUT2D eigenvalue weighted by Gasteiger charge is -2.06. The van der Waals surface area contributed by atoms with Crippen molar-refractivity contribution in [2.45, 2.75) is 0 Å². The van der Waals surface area contributed by atoms with Gasteiger partial charge in [-0.15, -0.1) is 0 Å². The van der Waals surface area contributed by atoms with Gasteiger partial charge in [0.1, 0.15) is 17.4 Å². The minimum atomic E-state index is -0.852. The average Bonchev–Trinajstić information content (AvgIpc) is 2.61. The lowest BCUT2D eigenvalue weighted by molar-refractivity contribution is -0.385. The van der Waals surface area contributed by atoms with E-state index in [4.69, 9.17) is 5.26 Å². The highest BCUT2D eigenvalue weighted by atomic mass is 16.6. The number of phenols is 1. The molecule has 26 heavy (non-hydrogen) atoms. The molecule has 0 unspecified atom stereocenters. The van der Waals surface area contributed by atoms with Crippen LogP contribution in [-0.4, -0.2) is 20.9 Å². The predicted molar refractivity (Wildman–Crippen MR) is 90.1 cm³/mol. The van der Waals surface area contributed by atoms with Crippen molar-refractivity contribution in [2.24, 2.45) is 0 Å². The van der Waals surface area contributed by atoms with Gasteiger partial charge in [0.2, 0.25) is 0 Å². The summed E-state index contributed by atoms with van der Waals surface area (Å²) in [5.41, 5.74) is -0.541. The van der Waals surface area contributed by atoms with Gasteiger partial charge >= 0.3 is 0 Å². The molecule has 2 rings (SSSR count). The molecule has 2 aromatic carbocycles. The number of nitrogens with one attached hydrogen (secondary N) is 1. The number of carbonyl (C=O) groups excluding carboxylic acids is 1. The van der Waals surface area contributed by atoms with E-state index >= 15 is 0 Å². The second kappa shape index (κ2) is 7.54. The fourth-order valence-electron chi connectivity index (χ4n) is 1.94. The van der Waals surface area contributed by atoms with Gasteiger partial charge < -0.3 is 10.4 Å². The van der Waals surface area contributed by atoms with Gasteiger partial charge in [-0.25, -0.2) is 0 Å². The van der Waals surface area contributed by atoms with Crippen LogP contribution in [0.15, 0.2) is 48.0 Å². The van der Waals surface area contributed by atoms with Crippen LogP contribution < -0.4 is 5.32 Å². The first-order valence-corrected chi connectivity index (χ1v) is 6.97. The van der Waals surface area contributed by atoms with Crippen molar-refractivity contribution in [1.29, 1.82) is 5.26 Å². The fraction of sp³-hybridized carbons (Fsp3) is 0. The topological polar surface area (TPSA) is 159 Å². The number of nitro benzene ring substituents is 2. The molecule has 0 saturated carbocycles. The lowest BCUT2D eigenvalue weighted by atomic mass is 10.1. The first-order chi connectivity index (χ1) is 12.3. The molecule has 0 saturated heterocycles. The molecule has 0 atom stereocenters. The number of amides is 1. The monoisotopic (exact) mass is 354 g/mol. The molecule has 0 spiro atoms. The van der Waals surface area contributed by atoms with Gasteiger partial charge in [0, 0.05) is 18.2 Å². The Morgan fingerprint density at radius 1 is 1.08 bits per heavy atom. The van der Waals surface area contributed by atoms with Crippen LogP contribution in [0.2, 0.25) is 0 Å². The summed E-state index contributed by atoms with van der Waals surface area (Å²) in [4.78, 5) is 32.1. The Labute approximate surface area is 145 Å². The zero-order chi connectivity index (χ0) is 19.3. The van der Waals surface area contributed by atoms with Crippen molar-refractivity contribution in [2.75, 3.05) is 5.32 Å². The maximum absolute atomic E-state index is 12.1. The number of nitro groups is 2. The Hall–Kier alpha value is -4.26. The second-order valence-electron chi connectivity index (χ2n) is 4.93. The molecule has 2 N–H and O–H groups in total. The van der Waals surface area contributed by atoms with Gasteiger partial charge in [0.05, 0.1) is 21.6 Å². The largest absolute Gasteiger partial charge is 0.506 e. The van der Waals surface area contributed by atoms with Gasteiger partial charge in [-0.1, -0.05) is 0 Å². The van der Waals surface area contributed by atoms with Crippen LogP contribution in [0.3, 0.4) is 0 Å². The number of hydrogen-bond acceptors (Lipinski definition) is 7. The molecule has 1 amide bonds. The van der Waals surface area contributed by atoms with E-state index in [9.17, 15) is 30.1 Å². The highest BCUT2D eigenvalue weighted by molar-refractivity contribution is 6.10. The number of aromatic hydroxyl groups is 1. The van der Waals surface area contributed by atoms with Crippen molar-refractivity contribution in [3.8, 4) is 11.8 Å². The SMILES string of the molecule is N#CC(=Cc1ccc([N+](=O)[O-])cc1)C(=O)Nc1ccc([N+](=O)[O-])cc1O. The van der Waals surface area contributed by atoms with Crippen molar-refractivity contribution < 1.29 is 19.7 Å². The summed E-state index contributed by atoms with van der Waals surface area (Å²) in [5.74, 6) is -1.38. The maximum atomic E-state index is 12.1. The van der Waals surface area contributed by atoms with Crippen LogP contribution in [0, 0.1) is 31.6 Å². The summed E-state index contributed by atoms with van der Waals surface area (Å²) < 4.78 is 0. The van der Waals surface area contributed by atoms with E-state index in [-0.39, 0.29) is 22.6 Å². The maximum Gasteiger partial charge on any atom is 0.273 e. The molecule has 10 nitrogen and oxygen atoms in total. The number of hydrogen-bond donors (Lipinski definition) is 2. The molecule has 10 heteroatoms. The minimum absolute atomic E-state index is 0.106. The molecular weight excluding hydrogens is 344 g/mol. The summed E-state index contributed by atoms with van der Waals surface area (Å²) in [6, 6.07) is 9.94. The number of phenolic OH excluding ortho intramolecular Hbond substituents is 1. The van der Waals surface area contributed by atoms with E-state index in [0.29, 0.717) is 5.56 Å². The fourth-order valence-corrected chi connectivity index (χ4v) is 1.94. The molecular formula is C16H10N4O6. The molecule has 0 heterocycles. The molecule has 2 aromatic rings. The lowest BCUT2D eigenvalue weighted by Crippen LogP contribution is -2.13. The van der Waals surface area contributed by atoms with E-state index in [1.807, 2.05) is 0 Å². The molecule has 0 fully saturated rings. The van der Waals surface area contributed by atoms with Gasteiger partial charge in [0.25, 0.3) is 17.3 Å². The van der Waals surface area contributed by atoms with E-state index in [1.165, 1.54) is 30.3 Å². The van der Waals surface area contributed by atoms with Crippen molar-refractivity contribution >= 4 is 29.0 Å². The number of carbonyl (C=O) groups is 1. The van der Waals surface area contributed by atoms with Crippen LogP contribution in [0.25, 0.3) is 6.08 Å². The van der Waals surface area contributed by atoms with E-state index in [1.54, 1.807) is 6.07 Å². The number of nitrogens with zero attached hydrogens (tertiary/aromatic N) is 3. The minimum Gasteiger partial charge on any atom is -0.506 e. The number of benzene rings is 2. The van der Waals surface area contributed by atoms with Crippen LogP contribution in [0.5, 0.6) is 5.75 Å². The molecule has 130 valence electrons. The molecule has 0 aliphatic carbocycles. The Balaban J connectivity index is 2.22. The zero-order valence-corrected chi connectivity index (χ0v) is 12.9. The highest BCUT2D eigenvalue weighted by Gasteiger charge is 2.15. The molecule has 0 aliphatic rings. The Kier molecular flexibility index (Phi) is 5.24. The summed E-state index contributed by atoms with van der Waals surface area (Å²) in [6.07, 6.45) is 1.21. The highest BCUT2D eigenvalue weighted by Crippen LogP contribution is 2.28. The van der Waals surface area contributed by atoms with Gasteiger partial charge in [-0.3, -0.25) is 25.0 Å². The second-order valence-corrected chi connectivity index (χ2v) is 4.93.